The number of carbonyl (C=O) groups is 1. The molecule has 0 bridgehead atoms. The fraction of sp³-hybridized carbons (Fsp3) is 0.381. The lowest BCUT2D eigenvalue weighted by Gasteiger charge is -2.13. The number of nitrogens with zero attached hydrogens (tertiary/aromatic N) is 2. The van der Waals surface area contributed by atoms with Gasteiger partial charge in [-0.1, -0.05) is 25.1 Å². The van der Waals surface area contributed by atoms with Crippen LogP contribution in [0.5, 0.6) is 5.75 Å². The van der Waals surface area contributed by atoms with Crippen LogP contribution in [0.2, 0.25) is 0 Å². The van der Waals surface area contributed by atoms with E-state index in [0.29, 0.717) is 23.8 Å². The molecular formula is C21H26N2O5. The summed E-state index contributed by atoms with van der Waals surface area (Å²) >= 11 is 0. The van der Waals surface area contributed by atoms with Crippen LogP contribution in [0.1, 0.15) is 30.7 Å². The molecule has 0 aliphatic carbocycles. The van der Waals surface area contributed by atoms with E-state index in [1.165, 1.54) is 0 Å². The Balaban J connectivity index is 1.99. The van der Waals surface area contributed by atoms with Crippen molar-refractivity contribution >= 4 is 11.7 Å². The van der Waals surface area contributed by atoms with E-state index in [2.05, 4.69) is 16.9 Å². The van der Waals surface area contributed by atoms with Crippen LogP contribution in [-0.2, 0) is 22.4 Å². The Morgan fingerprint density at radius 1 is 1.14 bits per heavy atom. The highest BCUT2D eigenvalue weighted by Gasteiger charge is 2.17. The first-order valence-electron chi connectivity index (χ1n) is 9.23. The summed E-state index contributed by atoms with van der Waals surface area (Å²) in [5.41, 5.74) is 3.17. The lowest BCUT2D eigenvalue weighted by molar-refractivity contribution is -0.149. The van der Waals surface area contributed by atoms with Gasteiger partial charge in [-0.3, -0.25) is 9.98 Å². The average molecular weight is 386 g/mol. The number of aliphatic hydroxyl groups is 1. The fourth-order valence-corrected chi connectivity index (χ4v) is 2.60. The predicted octanol–water partition coefficient (Wildman–Crippen LogP) is 2.49. The zero-order valence-electron chi connectivity index (χ0n) is 16.2. The van der Waals surface area contributed by atoms with Gasteiger partial charge in [-0.15, -0.1) is 0 Å². The van der Waals surface area contributed by atoms with E-state index in [0.717, 1.165) is 17.5 Å². The highest BCUT2D eigenvalue weighted by atomic mass is 16.5. The number of aliphatic imine (C=N–C) groups is 1. The maximum atomic E-state index is 11.2. The smallest absolute Gasteiger partial charge is 0.333 e. The minimum absolute atomic E-state index is 0.162. The Labute approximate surface area is 164 Å². The predicted molar refractivity (Wildman–Crippen MR) is 106 cm³/mol. The summed E-state index contributed by atoms with van der Waals surface area (Å²) < 4.78 is 11.0. The summed E-state index contributed by atoms with van der Waals surface area (Å²) in [6.07, 6.45) is 2.11. The Hall–Kier alpha value is -2.77. The molecule has 1 aromatic carbocycles. The van der Waals surface area contributed by atoms with Gasteiger partial charge >= 0.3 is 5.97 Å². The van der Waals surface area contributed by atoms with Crippen LogP contribution in [0.25, 0.3) is 0 Å². The summed E-state index contributed by atoms with van der Waals surface area (Å²) in [5.74, 6) is -0.364. The maximum absolute atomic E-state index is 11.2. The largest absolute Gasteiger partial charge is 0.487 e. The monoisotopic (exact) mass is 386 g/mol. The molecule has 0 radical (unpaired) electrons. The molecule has 0 saturated heterocycles. The molecule has 0 aliphatic heterocycles. The molecule has 1 unspecified atom stereocenters. The van der Waals surface area contributed by atoms with Crippen molar-refractivity contribution in [3.63, 3.8) is 0 Å². The minimum atomic E-state index is -0.978. The van der Waals surface area contributed by atoms with Crippen molar-refractivity contribution in [2.45, 2.75) is 32.8 Å². The second-order valence-electron chi connectivity index (χ2n) is 6.07. The van der Waals surface area contributed by atoms with Gasteiger partial charge in [0.15, 0.2) is 6.10 Å². The fourth-order valence-electron chi connectivity index (χ4n) is 2.60. The van der Waals surface area contributed by atoms with E-state index >= 15 is 0 Å². The molecule has 0 aliphatic rings. The number of aliphatic hydroxyl groups excluding tert-OH is 1. The minimum Gasteiger partial charge on any atom is -0.487 e. The molecule has 0 saturated carbocycles. The number of aryl methyl sites for hydroxylation is 1. The van der Waals surface area contributed by atoms with Gasteiger partial charge in [0.25, 0.3) is 0 Å². The highest BCUT2D eigenvalue weighted by Crippen LogP contribution is 2.15. The van der Waals surface area contributed by atoms with Gasteiger partial charge in [-0.05, 0) is 42.7 Å². The molecule has 1 aromatic heterocycles. The van der Waals surface area contributed by atoms with Crippen molar-refractivity contribution < 1.29 is 24.5 Å². The molecule has 0 spiro atoms. The summed E-state index contributed by atoms with van der Waals surface area (Å²) in [5, 5.41) is 18.3. The maximum Gasteiger partial charge on any atom is 0.333 e. The standard InChI is InChI=1S/C21H26N2O5/c1-3-15-7-10-18(22-12-15)19(23-14-24)13-28-17-8-5-16(6-9-17)11-20(21(25)26)27-4-2/h5-10,12,20,24H,3-4,11,13-14H2,1-2H3,(H,25,26)/b23-19-. The third-order valence-electron chi connectivity index (χ3n) is 4.15. The third-order valence-corrected chi connectivity index (χ3v) is 4.15. The van der Waals surface area contributed by atoms with Crippen LogP contribution in [0.15, 0.2) is 47.6 Å². The second kappa shape index (κ2) is 11.2. The van der Waals surface area contributed by atoms with Gasteiger partial charge in [0.05, 0.1) is 5.69 Å². The number of ether oxygens (including phenoxy) is 2. The highest BCUT2D eigenvalue weighted by molar-refractivity contribution is 6.00. The molecule has 7 heteroatoms. The summed E-state index contributed by atoms with van der Waals surface area (Å²) in [7, 11) is 0. The first kappa shape index (κ1) is 21.5. The van der Waals surface area contributed by atoms with E-state index in [1.54, 1.807) is 37.4 Å². The van der Waals surface area contributed by atoms with Gasteiger partial charge in [0.2, 0.25) is 0 Å². The number of benzene rings is 1. The van der Waals surface area contributed by atoms with E-state index in [-0.39, 0.29) is 19.8 Å². The van der Waals surface area contributed by atoms with E-state index in [9.17, 15) is 9.90 Å². The molecule has 0 amide bonds. The molecule has 2 N–H and O–H groups in total. The number of aliphatic carboxylic acids is 1. The Morgan fingerprint density at radius 2 is 1.86 bits per heavy atom. The number of aromatic nitrogens is 1. The first-order valence-corrected chi connectivity index (χ1v) is 9.23. The van der Waals surface area contributed by atoms with Crippen LogP contribution in [0.4, 0.5) is 0 Å². The third kappa shape index (κ3) is 6.44. The summed E-state index contributed by atoms with van der Waals surface area (Å²) in [4.78, 5) is 19.6. The normalized spacial score (nSPS) is 12.6. The molecule has 0 fully saturated rings. The molecule has 2 rings (SSSR count). The molecule has 1 atom stereocenters. The van der Waals surface area contributed by atoms with Crippen molar-refractivity contribution in [3.05, 3.63) is 59.4 Å². The average Bonchev–Trinajstić information content (AvgIpc) is 2.72. The molecule has 28 heavy (non-hydrogen) atoms. The SMILES string of the molecule is CCOC(Cc1ccc(OC/C(=N/CO)c2ccc(CC)cn2)cc1)C(=O)O. The number of hydrogen-bond acceptors (Lipinski definition) is 6. The Bertz CT molecular complexity index is 772. The van der Waals surface area contributed by atoms with Crippen molar-refractivity contribution in [2.24, 2.45) is 4.99 Å². The Morgan fingerprint density at radius 3 is 2.39 bits per heavy atom. The van der Waals surface area contributed by atoms with Gasteiger partial charge < -0.3 is 19.7 Å². The number of carboxylic acids is 1. The van der Waals surface area contributed by atoms with Crippen LogP contribution < -0.4 is 4.74 Å². The number of carboxylic acid groups (broad SMARTS) is 1. The van der Waals surface area contributed by atoms with E-state index in [4.69, 9.17) is 14.6 Å². The number of pyridine rings is 1. The van der Waals surface area contributed by atoms with Crippen LogP contribution in [0.3, 0.4) is 0 Å². The van der Waals surface area contributed by atoms with Gasteiger partial charge in [-0.25, -0.2) is 4.79 Å². The lowest BCUT2D eigenvalue weighted by Crippen LogP contribution is -2.26. The molecule has 1 heterocycles. The van der Waals surface area contributed by atoms with E-state index in [1.807, 2.05) is 12.1 Å². The van der Waals surface area contributed by atoms with Gasteiger partial charge in [0, 0.05) is 19.2 Å². The van der Waals surface area contributed by atoms with E-state index < -0.39 is 12.1 Å². The zero-order valence-corrected chi connectivity index (χ0v) is 16.2. The molecule has 7 nitrogen and oxygen atoms in total. The molecular weight excluding hydrogens is 360 g/mol. The van der Waals surface area contributed by atoms with Crippen molar-refractivity contribution in [1.29, 1.82) is 0 Å². The quantitative estimate of drug-likeness (QED) is 0.576. The topological polar surface area (TPSA) is 101 Å². The summed E-state index contributed by atoms with van der Waals surface area (Å²) in [6, 6.07) is 11.0. The lowest BCUT2D eigenvalue weighted by atomic mass is 10.1. The van der Waals surface area contributed by atoms with Crippen molar-refractivity contribution in [3.8, 4) is 5.75 Å². The van der Waals surface area contributed by atoms with Crippen molar-refractivity contribution in [2.75, 3.05) is 19.9 Å². The number of rotatable bonds is 11. The first-order chi connectivity index (χ1) is 13.6. The van der Waals surface area contributed by atoms with Crippen LogP contribution >= 0.6 is 0 Å². The summed E-state index contributed by atoms with van der Waals surface area (Å²) in [6.45, 7) is 3.98. The van der Waals surface area contributed by atoms with Gasteiger partial charge in [-0.2, -0.15) is 0 Å². The van der Waals surface area contributed by atoms with Crippen LogP contribution in [0, 0.1) is 0 Å². The van der Waals surface area contributed by atoms with Crippen molar-refractivity contribution in [1.82, 2.24) is 4.98 Å². The zero-order chi connectivity index (χ0) is 20.4. The van der Waals surface area contributed by atoms with Crippen LogP contribution in [-0.4, -0.2) is 52.9 Å². The second-order valence-corrected chi connectivity index (χ2v) is 6.07. The van der Waals surface area contributed by atoms with Gasteiger partial charge in [0.1, 0.15) is 24.8 Å². The molecule has 2 aromatic rings. The Kier molecular flexibility index (Phi) is 8.58. The number of hydrogen-bond donors (Lipinski definition) is 2. The molecule has 150 valence electrons.